The van der Waals surface area contributed by atoms with Gasteiger partial charge in [0.15, 0.2) is 11.5 Å². The van der Waals surface area contributed by atoms with E-state index in [9.17, 15) is 4.79 Å². The van der Waals surface area contributed by atoms with Crippen LogP contribution in [0, 0.1) is 6.92 Å². The van der Waals surface area contributed by atoms with Crippen molar-refractivity contribution in [3.8, 4) is 5.75 Å². The molecule has 0 atom stereocenters. The van der Waals surface area contributed by atoms with E-state index >= 15 is 0 Å². The summed E-state index contributed by atoms with van der Waals surface area (Å²) >= 11 is 1.59. The largest absolute Gasteiger partial charge is 0.449 e. The molecule has 2 aromatic rings. The highest BCUT2D eigenvalue weighted by molar-refractivity contribution is 7.08. The summed E-state index contributed by atoms with van der Waals surface area (Å²) in [5.74, 6) is 0.797. The van der Waals surface area contributed by atoms with Crippen LogP contribution in [0.5, 0.6) is 5.75 Å². The minimum Gasteiger partial charge on any atom is -0.449 e. The van der Waals surface area contributed by atoms with Crippen LogP contribution < -0.4 is 10.1 Å². The Kier molecular flexibility index (Phi) is 2.64. The first-order valence-electron chi connectivity index (χ1n) is 5.56. The van der Waals surface area contributed by atoms with Crippen molar-refractivity contribution in [2.45, 2.75) is 6.92 Å². The third-order valence-electron chi connectivity index (χ3n) is 2.67. The van der Waals surface area contributed by atoms with Gasteiger partial charge < -0.3 is 10.1 Å². The lowest BCUT2D eigenvalue weighted by Crippen LogP contribution is -2.23. The number of benzene rings is 1. The van der Waals surface area contributed by atoms with Crippen LogP contribution >= 0.6 is 11.3 Å². The number of hydrogen-bond donors (Lipinski definition) is 1. The molecule has 0 unspecified atom stereocenters. The SMILES string of the molecule is Cc1ccc2c(c1)NC(=O)/C(=C\c1ccsc1)O2. The molecule has 1 aliphatic rings. The van der Waals surface area contributed by atoms with E-state index in [1.807, 2.05) is 41.9 Å². The zero-order valence-corrected chi connectivity index (χ0v) is 10.6. The maximum absolute atomic E-state index is 11.9. The number of anilines is 1. The molecule has 1 aromatic heterocycles. The van der Waals surface area contributed by atoms with Gasteiger partial charge in [0.2, 0.25) is 0 Å². The molecule has 1 N–H and O–H groups in total. The van der Waals surface area contributed by atoms with Crippen LogP contribution in [0.3, 0.4) is 0 Å². The van der Waals surface area contributed by atoms with E-state index in [1.165, 1.54) is 0 Å². The van der Waals surface area contributed by atoms with E-state index < -0.39 is 0 Å². The summed E-state index contributed by atoms with van der Waals surface area (Å²) in [6.45, 7) is 1.98. The Morgan fingerprint density at radius 3 is 3.00 bits per heavy atom. The van der Waals surface area contributed by atoms with Gasteiger partial charge in [0.1, 0.15) is 0 Å². The Bertz CT molecular complexity index is 629. The predicted molar refractivity (Wildman–Crippen MR) is 72.7 cm³/mol. The minimum absolute atomic E-state index is 0.209. The third kappa shape index (κ3) is 2.02. The smallest absolute Gasteiger partial charge is 0.291 e. The lowest BCUT2D eigenvalue weighted by molar-refractivity contribution is -0.115. The Labute approximate surface area is 109 Å². The number of carbonyl (C=O) groups excluding carboxylic acids is 1. The number of ether oxygens (including phenoxy) is 1. The molecule has 1 aromatic carbocycles. The summed E-state index contributed by atoms with van der Waals surface area (Å²) in [5, 5.41) is 6.76. The molecule has 0 saturated heterocycles. The number of rotatable bonds is 1. The van der Waals surface area contributed by atoms with Crippen molar-refractivity contribution in [1.82, 2.24) is 0 Å². The van der Waals surface area contributed by atoms with Crippen LogP contribution in [-0.2, 0) is 4.79 Å². The monoisotopic (exact) mass is 257 g/mol. The van der Waals surface area contributed by atoms with Crippen LogP contribution in [0.25, 0.3) is 6.08 Å². The number of thiophene rings is 1. The summed E-state index contributed by atoms with van der Waals surface area (Å²) in [4.78, 5) is 11.9. The lowest BCUT2D eigenvalue weighted by atomic mass is 10.1. The lowest BCUT2D eigenvalue weighted by Gasteiger charge is -2.20. The molecule has 1 amide bonds. The Morgan fingerprint density at radius 1 is 1.33 bits per heavy atom. The average Bonchev–Trinajstić information content (AvgIpc) is 2.83. The van der Waals surface area contributed by atoms with Crippen LogP contribution in [-0.4, -0.2) is 5.91 Å². The molecule has 2 heterocycles. The van der Waals surface area contributed by atoms with E-state index in [1.54, 1.807) is 17.4 Å². The number of amides is 1. The van der Waals surface area contributed by atoms with E-state index in [2.05, 4.69) is 5.32 Å². The van der Waals surface area contributed by atoms with Crippen molar-refractivity contribution in [3.63, 3.8) is 0 Å². The van der Waals surface area contributed by atoms with Crippen LogP contribution in [0.2, 0.25) is 0 Å². The molecule has 3 rings (SSSR count). The Hall–Kier alpha value is -2.07. The molecule has 0 aliphatic carbocycles. The van der Waals surface area contributed by atoms with Crippen LogP contribution in [0.15, 0.2) is 40.8 Å². The van der Waals surface area contributed by atoms with Crippen molar-refractivity contribution >= 4 is 29.0 Å². The fourth-order valence-corrected chi connectivity index (χ4v) is 2.40. The number of aryl methyl sites for hydroxylation is 1. The summed E-state index contributed by atoms with van der Waals surface area (Å²) < 4.78 is 5.63. The van der Waals surface area contributed by atoms with Gasteiger partial charge in [-0.1, -0.05) is 6.07 Å². The highest BCUT2D eigenvalue weighted by atomic mass is 32.1. The number of nitrogens with one attached hydrogen (secondary N) is 1. The molecule has 0 fully saturated rings. The van der Waals surface area contributed by atoms with Crippen LogP contribution in [0.1, 0.15) is 11.1 Å². The number of fused-ring (bicyclic) bond motifs is 1. The van der Waals surface area contributed by atoms with E-state index in [0.29, 0.717) is 11.5 Å². The Morgan fingerprint density at radius 2 is 2.22 bits per heavy atom. The van der Waals surface area contributed by atoms with Crippen molar-refractivity contribution in [2.24, 2.45) is 0 Å². The molecule has 18 heavy (non-hydrogen) atoms. The van der Waals surface area contributed by atoms with Crippen molar-refractivity contribution in [2.75, 3.05) is 5.32 Å². The van der Waals surface area contributed by atoms with Crippen LogP contribution in [0.4, 0.5) is 5.69 Å². The molecule has 0 saturated carbocycles. The average molecular weight is 257 g/mol. The second-order valence-corrected chi connectivity index (χ2v) is 4.90. The summed E-state index contributed by atoms with van der Waals surface area (Å²) in [5.41, 5.74) is 2.78. The molecule has 3 nitrogen and oxygen atoms in total. The maximum Gasteiger partial charge on any atom is 0.291 e. The van der Waals surface area contributed by atoms with Crippen molar-refractivity contribution in [3.05, 3.63) is 51.9 Å². The van der Waals surface area contributed by atoms with Gasteiger partial charge in [-0.05, 0) is 53.1 Å². The molecule has 4 heteroatoms. The van der Waals surface area contributed by atoms with Gasteiger partial charge >= 0.3 is 0 Å². The van der Waals surface area contributed by atoms with Gasteiger partial charge in [-0.25, -0.2) is 0 Å². The third-order valence-corrected chi connectivity index (χ3v) is 3.37. The zero-order chi connectivity index (χ0) is 12.5. The van der Waals surface area contributed by atoms with Gasteiger partial charge in [-0.3, -0.25) is 4.79 Å². The maximum atomic E-state index is 11.9. The molecule has 0 radical (unpaired) electrons. The summed E-state index contributed by atoms with van der Waals surface area (Å²) in [6, 6.07) is 7.66. The second-order valence-electron chi connectivity index (χ2n) is 4.12. The first-order valence-corrected chi connectivity index (χ1v) is 6.50. The van der Waals surface area contributed by atoms with Gasteiger partial charge in [0.05, 0.1) is 5.69 Å². The Balaban J connectivity index is 1.97. The molecule has 0 bridgehead atoms. The van der Waals surface area contributed by atoms with Gasteiger partial charge in [0.25, 0.3) is 5.91 Å². The molecular formula is C14H11NO2S. The van der Waals surface area contributed by atoms with Gasteiger partial charge in [-0.15, -0.1) is 0 Å². The first-order chi connectivity index (χ1) is 8.72. The second kappa shape index (κ2) is 4.31. The quantitative estimate of drug-likeness (QED) is 0.795. The van der Waals surface area contributed by atoms with Gasteiger partial charge in [0, 0.05) is 0 Å². The normalized spacial score (nSPS) is 16.1. The molecule has 1 aliphatic heterocycles. The minimum atomic E-state index is -0.209. The first kappa shape index (κ1) is 11.0. The fourth-order valence-electron chi connectivity index (χ4n) is 1.78. The fraction of sp³-hybridized carbons (Fsp3) is 0.0714. The standard InChI is InChI=1S/C14H11NO2S/c1-9-2-3-12-11(6-9)15-14(16)13(17-12)7-10-4-5-18-8-10/h2-8H,1H3,(H,15,16)/b13-7+. The number of carbonyl (C=O) groups is 1. The summed E-state index contributed by atoms with van der Waals surface area (Å²) in [7, 11) is 0. The van der Waals surface area contributed by atoms with Gasteiger partial charge in [-0.2, -0.15) is 11.3 Å². The van der Waals surface area contributed by atoms with Crippen molar-refractivity contribution in [1.29, 1.82) is 0 Å². The predicted octanol–water partition coefficient (Wildman–Crippen LogP) is 3.43. The highest BCUT2D eigenvalue weighted by Crippen LogP contribution is 2.32. The zero-order valence-electron chi connectivity index (χ0n) is 9.77. The number of hydrogen-bond acceptors (Lipinski definition) is 3. The topological polar surface area (TPSA) is 38.3 Å². The summed E-state index contributed by atoms with van der Waals surface area (Å²) in [6.07, 6.45) is 1.74. The van der Waals surface area contributed by atoms with E-state index in [0.717, 1.165) is 16.8 Å². The highest BCUT2D eigenvalue weighted by Gasteiger charge is 2.21. The van der Waals surface area contributed by atoms with E-state index in [-0.39, 0.29) is 5.91 Å². The molecular weight excluding hydrogens is 246 g/mol. The van der Waals surface area contributed by atoms with E-state index in [4.69, 9.17) is 4.74 Å². The molecule has 90 valence electrons. The van der Waals surface area contributed by atoms with Crippen molar-refractivity contribution < 1.29 is 9.53 Å². The molecule has 0 spiro atoms.